The molecule has 3 N–H and O–H groups in total. The van der Waals surface area contributed by atoms with Crippen LogP contribution in [0.5, 0.6) is 0 Å². The van der Waals surface area contributed by atoms with Gasteiger partial charge < -0.3 is 5.11 Å². The third kappa shape index (κ3) is 1.45. The summed E-state index contributed by atoms with van der Waals surface area (Å²) in [5.74, 6) is 0.101. The number of hydrogen-bond acceptors (Lipinski definition) is 3. The molecule has 1 atom stereocenters. The normalized spacial score (nSPS) is 20.1. The zero-order chi connectivity index (χ0) is 10.2. The zero-order valence-corrected chi connectivity index (χ0v) is 7.81. The van der Waals surface area contributed by atoms with Crippen molar-refractivity contribution < 1.29 is 9.90 Å². The standard InChI is InChI=1S/C11H13NO2/c12-11(14,9-5-6-9)10-4-2-1-3-8(10)7-13/h1-4,7,9,14H,5-6,12H2. The number of carbonyl (C=O) groups excluding carboxylic acids is 1. The summed E-state index contributed by atoms with van der Waals surface area (Å²) < 4.78 is 0. The second-order valence-electron chi connectivity index (χ2n) is 3.80. The largest absolute Gasteiger partial charge is 0.371 e. The van der Waals surface area contributed by atoms with Crippen molar-refractivity contribution >= 4 is 6.29 Å². The second kappa shape index (κ2) is 3.19. The van der Waals surface area contributed by atoms with Crippen LogP contribution in [0.1, 0.15) is 28.8 Å². The molecule has 1 aliphatic carbocycles. The van der Waals surface area contributed by atoms with Crippen molar-refractivity contribution in [3.05, 3.63) is 35.4 Å². The van der Waals surface area contributed by atoms with Crippen LogP contribution in [0.25, 0.3) is 0 Å². The fourth-order valence-electron chi connectivity index (χ4n) is 1.71. The lowest BCUT2D eigenvalue weighted by Crippen LogP contribution is -2.39. The summed E-state index contributed by atoms with van der Waals surface area (Å²) in [5, 5.41) is 10.1. The number of benzene rings is 1. The lowest BCUT2D eigenvalue weighted by molar-refractivity contribution is 0.0189. The minimum absolute atomic E-state index is 0.101. The average Bonchev–Trinajstić information content (AvgIpc) is 3.01. The Balaban J connectivity index is 2.43. The minimum atomic E-state index is -1.34. The fourth-order valence-corrected chi connectivity index (χ4v) is 1.71. The molecule has 1 aromatic rings. The van der Waals surface area contributed by atoms with Gasteiger partial charge in [-0.15, -0.1) is 0 Å². The molecule has 0 amide bonds. The minimum Gasteiger partial charge on any atom is -0.371 e. The van der Waals surface area contributed by atoms with Gasteiger partial charge in [-0.05, 0) is 12.8 Å². The highest BCUT2D eigenvalue weighted by molar-refractivity contribution is 5.77. The molecule has 0 aliphatic heterocycles. The van der Waals surface area contributed by atoms with Crippen LogP contribution < -0.4 is 5.73 Å². The molecule has 0 spiro atoms. The third-order valence-electron chi connectivity index (χ3n) is 2.72. The van der Waals surface area contributed by atoms with Gasteiger partial charge in [0.1, 0.15) is 12.0 Å². The van der Waals surface area contributed by atoms with Crippen molar-refractivity contribution in [2.75, 3.05) is 0 Å². The van der Waals surface area contributed by atoms with E-state index in [0.717, 1.165) is 19.1 Å². The van der Waals surface area contributed by atoms with E-state index in [-0.39, 0.29) is 5.92 Å². The molecule has 0 saturated heterocycles. The molecule has 74 valence electrons. The first kappa shape index (κ1) is 9.37. The molecule has 3 heteroatoms. The molecular weight excluding hydrogens is 178 g/mol. The van der Waals surface area contributed by atoms with Crippen LogP contribution >= 0.6 is 0 Å². The van der Waals surface area contributed by atoms with Gasteiger partial charge in [0.05, 0.1) is 0 Å². The van der Waals surface area contributed by atoms with Crippen molar-refractivity contribution in [3.63, 3.8) is 0 Å². The molecule has 2 rings (SSSR count). The summed E-state index contributed by atoms with van der Waals surface area (Å²) in [4.78, 5) is 10.8. The van der Waals surface area contributed by atoms with Crippen LogP contribution in [-0.4, -0.2) is 11.4 Å². The van der Waals surface area contributed by atoms with Gasteiger partial charge in [0.25, 0.3) is 0 Å². The molecular formula is C11H13NO2. The first-order valence-corrected chi connectivity index (χ1v) is 4.72. The maximum atomic E-state index is 10.8. The Bertz CT molecular complexity index is 356. The van der Waals surface area contributed by atoms with Gasteiger partial charge in [-0.2, -0.15) is 0 Å². The van der Waals surface area contributed by atoms with Gasteiger partial charge in [-0.3, -0.25) is 10.5 Å². The molecule has 1 aromatic carbocycles. The van der Waals surface area contributed by atoms with Crippen molar-refractivity contribution in [3.8, 4) is 0 Å². The van der Waals surface area contributed by atoms with E-state index in [2.05, 4.69) is 0 Å². The smallest absolute Gasteiger partial charge is 0.150 e. The van der Waals surface area contributed by atoms with E-state index in [9.17, 15) is 9.90 Å². The highest BCUT2D eigenvalue weighted by Crippen LogP contribution is 2.42. The Morgan fingerprint density at radius 2 is 2.07 bits per heavy atom. The number of rotatable bonds is 3. The molecule has 14 heavy (non-hydrogen) atoms. The number of nitrogens with two attached hydrogens (primary N) is 1. The van der Waals surface area contributed by atoms with E-state index in [1.165, 1.54) is 0 Å². The van der Waals surface area contributed by atoms with Crippen LogP contribution in [0.15, 0.2) is 24.3 Å². The third-order valence-corrected chi connectivity index (χ3v) is 2.72. The average molecular weight is 191 g/mol. The van der Waals surface area contributed by atoms with E-state index in [1.807, 2.05) is 0 Å². The lowest BCUT2D eigenvalue weighted by atomic mass is 9.94. The molecule has 0 heterocycles. The predicted molar refractivity (Wildman–Crippen MR) is 52.6 cm³/mol. The van der Waals surface area contributed by atoms with E-state index in [0.29, 0.717) is 11.1 Å². The summed E-state index contributed by atoms with van der Waals surface area (Å²) >= 11 is 0. The Kier molecular flexibility index (Phi) is 2.13. The number of carbonyl (C=O) groups is 1. The highest BCUT2D eigenvalue weighted by atomic mass is 16.3. The number of aliphatic hydroxyl groups is 1. The van der Waals surface area contributed by atoms with Crippen molar-refractivity contribution in [1.82, 2.24) is 0 Å². The van der Waals surface area contributed by atoms with Crippen molar-refractivity contribution in [2.45, 2.75) is 18.6 Å². The molecule has 0 radical (unpaired) electrons. The molecule has 3 nitrogen and oxygen atoms in total. The van der Waals surface area contributed by atoms with E-state index >= 15 is 0 Å². The molecule has 1 aliphatic rings. The van der Waals surface area contributed by atoms with Crippen molar-refractivity contribution in [2.24, 2.45) is 11.7 Å². The number of hydrogen-bond donors (Lipinski definition) is 2. The maximum Gasteiger partial charge on any atom is 0.150 e. The van der Waals surface area contributed by atoms with Gasteiger partial charge in [-0.25, -0.2) is 0 Å². The van der Waals surface area contributed by atoms with Gasteiger partial charge in [0.15, 0.2) is 0 Å². The predicted octanol–water partition coefficient (Wildman–Crippen LogP) is 1.01. The van der Waals surface area contributed by atoms with Crippen LogP contribution in [0.2, 0.25) is 0 Å². The Morgan fingerprint density at radius 1 is 1.43 bits per heavy atom. The summed E-state index contributed by atoms with van der Waals surface area (Å²) in [7, 11) is 0. The quantitative estimate of drug-likeness (QED) is 0.553. The van der Waals surface area contributed by atoms with Crippen LogP contribution in [-0.2, 0) is 5.72 Å². The van der Waals surface area contributed by atoms with E-state index in [1.54, 1.807) is 24.3 Å². The van der Waals surface area contributed by atoms with Crippen molar-refractivity contribution in [1.29, 1.82) is 0 Å². The van der Waals surface area contributed by atoms with Gasteiger partial charge in [0, 0.05) is 17.0 Å². The Labute approximate surface area is 82.5 Å². The highest BCUT2D eigenvalue weighted by Gasteiger charge is 2.42. The van der Waals surface area contributed by atoms with Gasteiger partial charge in [-0.1, -0.05) is 24.3 Å². The summed E-state index contributed by atoms with van der Waals surface area (Å²) in [5.41, 5.74) is 5.50. The zero-order valence-electron chi connectivity index (χ0n) is 7.81. The SMILES string of the molecule is NC(O)(c1ccccc1C=O)C1CC1. The monoisotopic (exact) mass is 191 g/mol. The van der Waals surface area contributed by atoms with Crippen LogP contribution in [0, 0.1) is 5.92 Å². The maximum absolute atomic E-state index is 10.8. The number of aldehydes is 1. The molecule has 1 unspecified atom stereocenters. The molecule has 0 aromatic heterocycles. The van der Waals surface area contributed by atoms with Crippen LogP contribution in [0.3, 0.4) is 0 Å². The lowest BCUT2D eigenvalue weighted by Gasteiger charge is -2.24. The fraction of sp³-hybridized carbons (Fsp3) is 0.364. The topological polar surface area (TPSA) is 63.3 Å². The Hall–Kier alpha value is -1.19. The van der Waals surface area contributed by atoms with E-state index < -0.39 is 5.72 Å². The Morgan fingerprint density at radius 3 is 2.64 bits per heavy atom. The molecule has 0 bridgehead atoms. The van der Waals surface area contributed by atoms with Gasteiger partial charge >= 0.3 is 0 Å². The first-order chi connectivity index (χ1) is 6.66. The van der Waals surface area contributed by atoms with Gasteiger partial charge in [0.2, 0.25) is 0 Å². The summed E-state index contributed by atoms with van der Waals surface area (Å²) in [6.07, 6.45) is 2.59. The second-order valence-corrected chi connectivity index (χ2v) is 3.80. The van der Waals surface area contributed by atoms with E-state index in [4.69, 9.17) is 5.73 Å². The summed E-state index contributed by atoms with van der Waals surface area (Å²) in [6, 6.07) is 6.92. The first-order valence-electron chi connectivity index (χ1n) is 4.72. The van der Waals surface area contributed by atoms with Crippen LogP contribution in [0.4, 0.5) is 0 Å². The molecule has 1 fully saturated rings. The summed E-state index contributed by atoms with van der Waals surface area (Å²) in [6.45, 7) is 0. The molecule has 1 saturated carbocycles.